The van der Waals surface area contributed by atoms with Gasteiger partial charge in [0.15, 0.2) is 0 Å². The van der Waals surface area contributed by atoms with Crippen molar-refractivity contribution in [3.8, 4) is 11.3 Å². The predicted octanol–water partition coefficient (Wildman–Crippen LogP) is 2.50. The Morgan fingerprint density at radius 2 is 2.21 bits per heavy atom. The summed E-state index contributed by atoms with van der Waals surface area (Å²) in [6, 6.07) is 3.94. The molecule has 0 saturated carbocycles. The number of allylic oxidation sites excluding steroid dienone is 1. The van der Waals surface area contributed by atoms with Crippen LogP contribution in [0.1, 0.15) is 12.6 Å². The van der Waals surface area contributed by atoms with E-state index in [1.807, 2.05) is 25.3 Å². The molecule has 3 heteroatoms. The van der Waals surface area contributed by atoms with E-state index in [4.69, 9.17) is 0 Å². The fourth-order valence-electron chi connectivity index (χ4n) is 1.22. The van der Waals surface area contributed by atoms with Gasteiger partial charge in [-0.15, -0.1) is 0 Å². The molecule has 0 spiro atoms. The Balaban J connectivity index is 2.36. The maximum Gasteiger partial charge on any atom is 0.0927 e. The normalized spacial score (nSPS) is 10.1. The second-order valence-electron chi connectivity index (χ2n) is 3.17. The lowest BCUT2D eigenvalue weighted by Crippen LogP contribution is -1.85. The summed E-state index contributed by atoms with van der Waals surface area (Å²) >= 11 is 0. The van der Waals surface area contributed by atoms with Gasteiger partial charge in [-0.05, 0) is 24.6 Å². The Morgan fingerprint density at radius 3 is 2.71 bits per heavy atom. The Hall–Kier alpha value is -1.90. The monoisotopic (exact) mass is 185 g/mol. The third-order valence-corrected chi connectivity index (χ3v) is 1.99. The summed E-state index contributed by atoms with van der Waals surface area (Å²) in [6.45, 7) is 5.77. The van der Waals surface area contributed by atoms with Gasteiger partial charge >= 0.3 is 0 Å². The van der Waals surface area contributed by atoms with Crippen molar-refractivity contribution in [1.29, 1.82) is 0 Å². The lowest BCUT2D eigenvalue weighted by atomic mass is 10.1. The molecule has 0 fully saturated rings. The highest BCUT2D eigenvalue weighted by Gasteiger charge is 2.00. The second kappa shape index (κ2) is 3.46. The van der Waals surface area contributed by atoms with E-state index in [2.05, 4.69) is 21.5 Å². The first-order chi connectivity index (χ1) is 6.77. The Bertz CT molecular complexity index is 426. The zero-order valence-corrected chi connectivity index (χ0v) is 7.99. The van der Waals surface area contributed by atoms with Gasteiger partial charge in [0.2, 0.25) is 0 Å². The summed E-state index contributed by atoms with van der Waals surface area (Å²) in [6.07, 6.45) is 5.31. The molecule has 0 unspecified atom stereocenters. The molecule has 0 amide bonds. The van der Waals surface area contributed by atoms with Gasteiger partial charge in [-0.3, -0.25) is 4.98 Å². The maximum absolute atomic E-state index is 4.28. The summed E-state index contributed by atoms with van der Waals surface area (Å²) in [4.78, 5) is 11.3. The Morgan fingerprint density at radius 1 is 1.36 bits per heavy atom. The average Bonchev–Trinajstić information content (AvgIpc) is 2.71. The standard InChI is InChI=1S/C11H11N3/c1-8(2)10-4-3-9(5-13-10)11-6-12-7-14-11/h3-7H,1H2,2H3,(H,12,14). The van der Waals surface area contributed by atoms with Crippen LogP contribution in [0.4, 0.5) is 0 Å². The third kappa shape index (κ3) is 1.57. The van der Waals surface area contributed by atoms with Crippen molar-refractivity contribution in [3.05, 3.63) is 43.1 Å². The molecule has 0 radical (unpaired) electrons. The summed E-state index contributed by atoms with van der Waals surface area (Å²) in [5.41, 5.74) is 3.81. The van der Waals surface area contributed by atoms with Gasteiger partial charge in [-0.2, -0.15) is 0 Å². The fourth-order valence-corrected chi connectivity index (χ4v) is 1.22. The van der Waals surface area contributed by atoms with Crippen LogP contribution >= 0.6 is 0 Å². The first-order valence-corrected chi connectivity index (χ1v) is 4.38. The van der Waals surface area contributed by atoms with Gasteiger partial charge in [-0.1, -0.05) is 6.58 Å². The topological polar surface area (TPSA) is 41.6 Å². The summed E-state index contributed by atoms with van der Waals surface area (Å²) < 4.78 is 0. The van der Waals surface area contributed by atoms with E-state index in [0.29, 0.717) is 0 Å². The minimum Gasteiger partial charge on any atom is -0.351 e. The Labute approximate surface area is 82.5 Å². The van der Waals surface area contributed by atoms with Crippen LogP contribution in [0, 0.1) is 0 Å². The maximum atomic E-state index is 4.28. The van der Waals surface area contributed by atoms with E-state index < -0.39 is 0 Å². The zero-order valence-electron chi connectivity index (χ0n) is 7.99. The predicted molar refractivity (Wildman–Crippen MR) is 56.5 cm³/mol. The molecule has 1 N–H and O–H groups in total. The van der Waals surface area contributed by atoms with Crippen molar-refractivity contribution in [1.82, 2.24) is 15.0 Å². The molecule has 2 aromatic rings. The van der Waals surface area contributed by atoms with Gasteiger partial charge in [0, 0.05) is 18.0 Å². The summed E-state index contributed by atoms with van der Waals surface area (Å²) in [5, 5.41) is 0. The van der Waals surface area contributed by atoms with Gasteiger partial charge < -0.3 is 4.98 Å². The molecular formula is C11H11N3. The smallest absolute Gasteiger partial charge is 0.0927 e. The van der Waals surface area contributed by atoms with Crippen LogP contribution in [-0.4, -0.2) is 15.0 Å². The van der Waals surface area contributed by atoms with E-state index >= 15 is 0 Å². The molecule has 2 aromatic heterocycles. The number of rotatable bonds is 2. The van der Waals surface area contributed by atoms with Crippen LogP contribution in [0.25, 0.3) is 16.8 Å². The van der Waals surface area contributed by atoms with Crippen molar-refractivity contribution in [2.75, 3.05) is 0 Å². The van der Waals surface area contributed by atoms with Crippen molar-refractivity contribution in [3.63, 3.8) is 0 Å². The minimum atomic E-state index is 0.908. The van der Waals surface area contributed by atoms with E-state index in [1.54, 1.807) is 12.5 Å². The molecule has 0 bridgehead atoms. The number of nitrogens with one attached hydrogen (secondary N) is 1. The molecule has 0 aromatic carbocycles. The number of pyridine rings is 1. The van der Waals surface area contributed by atoms with E-state index in [-0.39, 0.29) is 0 Å². The molecule has 0 aliphatic rings. The largest absolute Gasteiger partial charge is 0.351 e. The number of nitrogens with zero attached hydrogens (tertiary/aromatic N) is 2. The highest BCUT2D eigenvalue weighted by atomic mass is 14.9. The van der Waals surface area contributed by atoms with Gasteiger partial charge in [0.25, 0.3) is 0 Å². The molecule has 3 nitrogen and oxygen atoms in total. The highest BCUT2D eigenvalue weighted by molar-refractivity contribution is 5.62. The average molecular weight is 185 g/mol. The van der Waals surface area contributed by atoms with Crippen LogP contribution in [0.5, 0.6) is 0 Å². The SMILES string of the molecule is C=C(C)c1ccc(-c2c[nH]cn2)cn1. The Kier molecular flexibility index (Phi) is 2.14. The molecule has 0 aliphatic heterocycles. The van der Waals surface area contributed by atoms with E-state index in [0.717, 1.165) is 22.5 Å². The zero-order chi connectivity index (χ0) is 9.97. The lowest BCUT2D eigenvalue weighted by molar-refractivity contribution is 1.26. The quantitative estimate of drug-likeness (QED) is 0.781. The molecular weight excluding hydrogens is 174 g/mol. The van der Waals surface area contributed by atoms with Crippen LogP contribution in [0.15, 0.2) is 37.4 Å². The van der Waals surface area contributed by atoms with Gasteiger partial charge in [0.1, 0.15) is 0 Å². The first kappa shape index (κ1) is 8.69. The third-order valence-electron chi connectivity index (χ3n) is 1.99. The number of imidazole rings is 1. The first-order valence-electron chi connectivity index (χ1n) is 4.38. The number of hydrogen-bond donors (Lipinski definition) is 1. The van der Waals surface area contributed by atoms with Gasteiger partial charge in [-0.25, -0.2) is 4.98 Å². The van der Waals surface area contributed by atoms with Crippen molar-refractivity contribution in [2.45, 2.75) is 6.92 Å². The van der Waals surface area contributed by atoms with Crippen molar-refractivity contribution >= 4 is 5.57 Å². The molecule has 2 heterocycles. The lowest BCUT2D eigenvalue weighted by Gasteiger charge is -1.99. The fraction of sp³-hybridized carbons (Fsp3) is 0.0909. The number of hydrogen-bond acceptors (Lipinski definition) is 2. The molecule has 0 saturated heterocycles. The minimum absolute atomic E-state index is 0.908. The van der Waals surface area contributed by atoms with Crippen LogP contribution in [-0.2, 0) is 0 Å². The van der Waals surface area contributed by atoms with Crippen LogP contribution < -0.4 is 0 Å². The van der Waals surface area contributed by atoms with Crippen molar-refractivity contribution in [2.24, 2.45) is 0 Å². The molecule has 0 aliphatic carbocycles. The highest BCUT2D eigenvalue weighted by Crippen LogP contribution is 2.16. The molecule has 0 atom stereocenters. The van der Waals surface area contributed by atoms with Gasteiger partial charge in [0.05, 0.1) is 17.7 Å². The number of aromatic amines is 1. The summed E-state index contributed by atoms with van der Waals surface area (Å²) in [7, 11) is 0. The number of aromatic nitrogens is 3. The van der Waals surface area contributed by atoms with Crippen molar-refractivity contribution < 1.29 is 0 Å². The van der Waals surface area contributed by atoms with E-state index in [9.17, 15) is 0 Å². The second-order valence-corrected chi connectivity index (χ2v) is 3.17. The van der Waals surface area contributed by atoms with Crippen LogP contribution in [0.3, 0.4) is 0 Å². The van der Waals surface area contributed by atoms with Crippen LogP contribution in [0.2, 0.25) is 0 Å². The molecule has 70 valence electrons. The molecule has 2 rings (SSSR count). The van der Waals surface area contributed by atoms with E-state index in [1.165, 1.54) is 0 Å². The summed E-state index contributed by atoms with van der Waals surface area (Å²) in [5.74, 6) is 0. The number of H-pyrrole nitrogens is 1. The molecule has 14 heavy (non-hydrogen) atoms.